The van der Waals surface area contributed by atoms with Crippen molar-refractivity contribution in [3.63, 3.8) is 0 Å². The molecule has 0 unspecified atom stereocenters. The van der Waals surface area contributed by atoms with Gasteiger partial charge in [0.05, 0.1) is 11.3 Å². The van der Waals surface area contributed by atoms with Gasteiger partial charge in [-0.2, -0.15) is 0 Å². The molecule has 2 aromatic heterocycles. The lowest BCUT2D eigenvalue weighted by Crippen LogP contribution is -2.43. The van der Waals surface area contributed by atoms with E-state index in [1.54, 1.807) is 24.2 Å². The van der Waals surface area contributed by atoms with Gasteiger partial charge in [0.25, 0.3) is 5.91 Å². The zero-order valence-corrected chi connectivity index (χ0v) is 18.2. The Morgan fingerprint density at radius 2 is 1.90 bits per heavy atom. The predicted molar refractivity (Wildman–Crippen MR) is 115 cm³/mol. The maximum absolute atomic E-state index is 12.9. The molecule has 0 aromatic carbocycles. The third-order valence-electron chi connectivity index (χ3n) is 6.06. The number of piperidine rings is 1. The fraction of sp³-hybridized carbons (Fsp3) is 0.591. The van der Waals surface area contributed by atoms with Crippen LogP contribution in [0.1, 0.15) is 55.6 Å². The van der Waals surface area contributed by atoms with Gasteiger partial charge in [0, 0.05) is 25.2 Å². The molecule has 3 rings (SSSR count). The molecule has 0 atom stereocenters. The van der Waals surface area contributed by atoms with E-state index in [0.29, 0.717) is 5.56 Å². The SMILES string of the molecule is CCC(CC)C(=O)N(C)c1c(C)nc2ccc(C(=O)NC3CCN(C)CC3)cn12. The highest BCUT2D eigenvalue weighted by molar-refractivity contribution is 5.96. The molecule has 0 spiro atoms. The van der Waals surface area contributed by atoms with Crippen molar-refractivity contribution in [1.29, 1.82) is 0 Å². The number of fused-ring (bicyclic) bond motifs is 1. The lowest BCUT2D eigenvalue weighted by molar-refractivity contribution is -0.122. The number of amides is 2. The average Bonchev–Trinajstić information content (AvgIpc) is 3.04. The average molecular weight is 400 g/mol. The van der Waals surface area contributed by atoms with Crippen molar-refractivity contribution in [3.05, 3.63) is 29.6 Å². The maximum Gasteiger partial charge on any atom is 0.252 e. The molecule has 7 heteroatoms. The van der Waals surface area contributed by atoms with Crippen LogP contribution >= 0.6 is 0 Å². The molecule has 0 radical (unpaired) electrons. The van der Waals surface area contributed by atoms with Crippen LogP contribution < -0.4 is 10.2 Å². The molecule has 3 heterocycles. The van der Waals surface area contributed by atoms with Gasteiger partial charge >= 0.3 is 0 Å². The summed E-state index contributed by atoms with van der Waals surface area (Å²) >= 11 is 0. The quantitative estimate of drug-likeness (QED) is 0.811. The number of pyridine rings is 1. The molecule has 158 valence electrons. The van der Waals surface area contributed by atoms with Crippen molar-refractivity contribution >= 4 is 23.3 Å². The number of carbonyl (C=O) groups excluding carboxylic acids is 2. The van der Waals surface area contributed by atoms with Crippen LogP contribution in [-0.2, 0) is 4.79 Å². The minimum absolute atomic E-state index is 0.0131. The van der Waals surface area contributed by atoms with Crippen LogP contribution in [0.2, 0.25) is 0 Å². The Labute approximate surface area is 173 Å². The number of aromatic nitrogens is 2. The second kappa shape index (κ2) is 8.95. The van der Waals surface area contributed by atoms with Gasteiger partial charge in [0.2, 0.25) is 5.91 Å². The van der Waals surface area contributed by atoms with Gasteiger partial charge in [-0.15, -0.1) is 0 Å². The van der Waals surface area contributed by atoms with Crippen molar-refractivity contribution in [2.24, 2.45) is 5.92 Å². The standard InChI is InChI=1S/C22H33N5O2/c1-6-16(7-2)22(29)26(5)21-15(3)23-19-9-8-17(14-27(19)21)20(28)24-18-10-12-25(4)13-11-18/h8-9,14,16,18H,6-7,10-13H2,1-5H3,(H,24,28). The Morgan fingerprint density at radius 3 is 2.52 bits per heavy atom. The van der Waals surface area contributed by atoms with E-state index in [1.807, 2.05) is 31.2 Å². The largest absolute Gasteiger partial charge is 0.349 e. The lowest BCUT2D eigenvalue weighted by Gasteiger charge is -2.29. The van der Waals surface area contributed by atoms with E-state index in [-0.39, 0.29) is 23.8 Å². The summed E-state index contributed by atoms with van der Waals surface area (Å²) in [6.07, 6.45) is 5.34. The van der Waals surface area contributed by atoms with Crippen LogP contribution in [0.5, 0.6) is 0 Å². The van der Waals surface area contributed by atoms with Crippen molar-refractivity contribution in [3.8, 4) is 0 Å². The molecule has 1 saturated heterocycles. The highest BCUT2D eigenvalue weighted by Gasteiger charge is 2.25. The van der Waals surface area contributed by atoms with E-state index in [1.165, 1.54) is 0 Å². The monoisotopic (exact) mass is 399 g/mol. The summed E-state index contributed by atoms with van der Waals surface area (Å²) in [7, 11) is 3.90. The van der Waals surface area contributed by atoms with E-state index >= 15 is 0 Å². The van der Waals surface area contributed by atoms with E-state index < -0.39 is 0 Å². The van der Waals surface area contributed by atoms with Crippen molar-refractivity contribution in [1.82, 2.24) is 19.6 Å². The Bertz CT molecular complexity index is 879. The second-order valence-corrected chi connectivity index (χ2v) is 8.13. The first-order chi connectivity index (χ1) is 13.8. The summed E-state index contributed by atoms with van der Waals surface area (Å²) in [5, 5.41) is 3.16. The molecule has 2 aromatic rings. The van der Waals surface area contributed by atoms with Crippen LogP contribution in [0.3, 0.4) is 0 Å². The number of nitrogens with one attached hydrogen (secondary N) is 1. The van der Waals surface area contributed by atoms with E-state index in [2.05, 4.69) is 22.2 Å². The van der Waals surface area contributed by atoms with Gasteiger partial charge in [0.15, 0.2) is 0 Å². The lowest BCUT2D eigenvalue weighted by atomic mass is 10.0. The van der Waals surface area contributed by atoms with Crippen LogP contribution in [-0.4, -0.2) is 59.3 Å². The minimum Gasteiger partial charge on any atom is -0.349 e. The Hall–Kier alpha value is -2.41. The fourth-order valence-electron chi connectivity index (χ4n) is 4.13. The summed E-state index contributed by atoms with van der Waals surface area (Å²) in [5.41, 5.74) is 2.09. The summed E-state index contributed by atoms with van der Waals surface area (Å²) in [5.74, 6) is 0.723. The number of hydrogen-bond acceptors (Lipinski definition) is 4. The van der Waals surface area contributed by atoms with Gasteiger partial charge < -0.3 is 10.2 Å². The number of rotatable bonds is 6. The molecule has 1 fully saturated rings. The molecule has 2 amide bonds. The topological polar surface area (TPSA) is 70.0 Å². The highest BCUT2D eigenvalue weighted by atomic mass is 16.2. The number of carbonyl (C=O) groups is 2. The maximum atomic E-state index is 12.9. The molecule has 29 heavy (non-hydrogen) atoms. The molecule has 1 N–H and O–H groups in total. The van der Waals surface area contributed by atoms with Gasteiger partial charge in [-0.1, -0.05) is 13.8 Å². The van der Waals surface area contributed by atoms with Crippen molar-refractivity contribution < 1.29 is 9.59 Å². The minimum atomic E-state index is -0.0762. The summed E-state index contributed by atoms with van der Waals surface area (Å²) < 4.78 is 1.86. The molecule has 0 saturated carbocycles. The van der Waals surface area contributed by atoms with Gasteiger partial charge in [-0.3, -0.25) is 18.9 Å². The van der Waals surface area contributed by atoms with Crippen LogP contribution in [0.4, 0.5) is 5.82 Å². The number of anilines is 1. The summed E-state index contributed by atoms with van der Waals surface area (Å²) in [4.78, 5) is 34.3. The third kappa shape index (κ3) is 4.45. The second-order valence-electron chi connectivity index (χ2n) is 8.13. The molecule has 0 aliphatic carbocycles. The fourth-order valence-corrected chi connectivity index (χ4v) is 4.13. The Kier molecular flexibility index (Phi) is 6.57. The first-order valence-corrected chi connectivity index (χ1v) is 10.6. The molecular formula is C22H33N5O2. The summed E-state index contributed by atoms with van der Waals surface area (Å²) in [6, 6.07) is 3.85. The number of aryl methyl sites for hydroxylation is 1. The molecule has 0 bridgehead atoms. The molecular weight excluding hydrogens is 366 g/mol. The zero-order valence-electron chi connectivity index (χ0n) is 18.2. The molecule has 1 aliphatic rings. The smallest absolute Gasteiger partial charge is 0.252 e. The Morgan fingerprint density at radius 1 is 1.24 bits per heavy atom. The van der Waals surface area contributed by atoms with Crippen LogP contribution in [0.15, 0.2) is 18.3 Å². The number of hydrogen-bond donors (Lipinski definition) is 1. The zero-order chi connectivity index (χ0) is 21.1. The molecule has 1 aliphatic heterocycles. The first-order valence-electron chi connectivity index (χ1n) is 10.6. The Balaban J connectivity index is 1.86. The summed E-state index contributed by atoms with van der Waals surface area (Å²) in [6.45, 7) is 7.96. The highest BCUT2D eigenvalue weighted by Crippen LogP contribution is 2.24. The van der Waals surface area contributed by atoms with Gasteiger partial charge in [0.1, 0.15) is 11.5 Å². The normalized spacial score (nSPS) is 15.8. The third-order valence-corrected chi connectivity index (χ3v) is 6.06. The van der Waals surface area contributed by atoms with Gasteiger partial charge in [-0.25, -0.2) is 4.98 Å². The van der Waals surface area contributed by atoms with Crippen molar-refractivity contribution in [2.75, 3.05) is 32.1 Å². The van der Waals surface area contributed by atoms with E-state index in [4.69, 9.17) is 0 Å². The predicted octanol–water partition coefficient (Wildman–Crippen LogP) is 2.87. The van der Waals surface area contributed by atoms with E-state index in [0.717, 1.165) is 55.9 Å². The van der Waals surface area contributed by atoms with E-state index in [9.17, 15) is 9.59 Å². The van der Waals surface area contributed by atoms with Crippen LogP contribution in [0, 0.1) is 12.8 Å². The number of nitrogens with zero attached hydrogens (tertiary/aromatic N) is 4. The van der Waals surface area contributed by atoms with Crippen molar-refractivity contribution in [2.45, 2.75) is 52.5 Å². The number of likely N-dealkylation sites (tertiary alicyclic amines) is 1. The number of imidazole rings is 1. The van der Waals surface area contributed by atoms with Crippen LogP contribution in [0.25, 0.3) is 5.65 Å². The first kappa shape index (κ1) is 21.3. The van der Waals surface area contributed by atoms with Gasteiger partial charge in [-0.05, 0) is 64.9 Å². The molecule has 7 nitrogen and oxygen atoms in total.